The van der Waals surface area contributed by atoms with Gasteiger partial charge in [0.15, 0.2) is 5.84 Å². The quantitative estimate of drug-likeness (QED) is 0.399. The van der Waals surface area contributed by atoms with Crippen molar-refractivity contribution in [1.29, 1.82) is 0 Å². The molecule has 6 heteroatoms. The van der Waals surface area contributed by atoms with Crippen LogP contribution in [0, 0.1) is 13.8 Å². The Bertz CT molecular complexity index is 726. The third-order valence-electron chi connectivity index (χ3n) is 3.88. The lowest BCUT2D eigenvalue weighted by molar-refractivity contribution is 0.303. The van der Waals surface area contributed by atoms with Crippen LogP contribution in [0.4, 0.5) is 0 Å². The molecule has 0 saturated carbocycles. The van der Waals surface area contributed by atoms with Crippen LogP contribution in [-0.4, -0.2) is 45.5 Å². The van der Waals surface area contributed by atoms with Crippen LogP contribution in [0.5, 0.6) is 11.6 Å². The molecule has 0 atom stereocenters. The van der Waals surface area contributed by atoms with Crippen LogP contribution in [0.25, 0.3) is 0 Å². The molecule has 1 aromatic carbocycles. The molecule has 2 aromatic rings. The molecular weight excluding hydrogens is 322 g/mol. The highest BCUT2D eigenvalue weighted by Crippen LogP contribution is 2.26. The van der Waals surface area contributed by atoms with Gasteiger partial charge in [-0.1, -0.05) is 22.9 Å². The zero-order valence-electron chi connectivity index (χ0n) is 13.9. The Kier molecular flexibility index (Phi) is 5.25. The molecule has 1 N–H and O–H groups in total. The Morgan fingerprint density at radius 1 is 1.12 bits per heavy atom. The van der Waals surface area contributed by atoms with E-state index < -0.39 is 0 Å². The van der Waals surface area contributed by atoms with E-state index in [2.05, 4.69) is 15.0 Å². The Hall–Kier alpha value is -2.21. The van der Waals surface area contributed by atoms with E-state index in [1.165, 1.54) is 5.56 Å². The van der Waals surface area contributed by atoms with Crippen molar-refractivity contribution in [2.24, 2.45) is 5.16 Å². The molecule has 1 saturated heterocycles. The number of aryl methyl sites for hydroxylation is 2. The molecule has 0 bridgehead atoms. The monoisotopic (exact) mass is 343 g/mol. The topological polar surface area (TPSA) is 58.0 Å². The molecule has 0 unspecified atom stereocenters. The normalized spacial score (nSPS) is 15.4. The van der Waals surface area contributed by atoms with Gasteiger partial charge in [0.05, 0.1) is 5.56 Å². The van der Waals surface area contributed by atoms with Gasteiger partial charge in [-0.2, -0.15) is 11.8 Å². The summed E-state index contributed by atoms with van der Waals surface area (Å²) < 4.78 is 5.98. The van der Waals surface area contributed by atoms with Gasteiger partial charge in [0, 0.05) is 30.3 Å². The number of hydrogen-bond acceptors (Lipinski definition) is 5. The van der Waals surface area contributed by atoms with Crippen molar-refractivity contribution < 1.29 is 9.94 Å². The van der Waals surface area contributed by atoms with Crippen molar-refractivity contribution in [3.8, 4) is 11.6 Å². The highest BCUT2D eigenvalue weighted by atomic mass is 32.2. The number of nitrogens with zero attached hydrogens (tertiary/aromatic N) is 3. The second kappa shape index (κ2) is 7.57. The van der Waals surface area contributed by atoms with Crippen molar-refractivity contribution in [2.45, 2.75) is 13.8 Å². The largest absolute Gasteiger partial charge is 0.438 e. The number of oxime groups is 1. The van der Waals surface area contributed by atoms with E-state index in [9.17, 15) is 5.21 Å². The van der Waals surface area contributed by atoms with Gasteiger partial charge in [-0.15, -0.1) is 0 Å². The summed E-state index contributed by atoms with van der Waals surface area (Å²) >= 11 is 1.91. The molecule has 1 aliphatic heterocycles. The third-order valence-corrected chi connectivity index (χ3v) is 4.82. The maximum atomic E-state index is 9.58. The standard InChI is InChI=1S/C18H21N3O2S/c1-13-3-6-15(7-4-13)23-18-16(8-5-14(2)19-18)17(20-22)21-9-11-24-12-10-21/h3-8,22H,9-12H2,1-2H3/b20-17-. The molecule has 2 heterocycles. The van der Waals surface area contributed by atoms with Crippen LogP contribution in [0.3, 0.4) is 0 Å². The minimum atomic E-state index is 0.463. The Morgan fingerprint density at radius 2 is 1.83 bits per heavy atom. The first kappa shape index (κ1) is 16.6. The van der Waals surface area contributed by atoms with Crippen molar-refractivity contribution in [1.82, 2.24) is 9.88 Å². The predicted octanol–water partition coefficient (Wildman–Crippen LogP) is 3.68. The summed E-state index contributed by atoms with van der Waals surface area (Å²) in [5.41, 5.74) is 2.73. The van der Waals surface area contributed by atoms with Crippen molar-refractivity contribution in [3.63, 3.8) is 0 Å². The number of amidine groups is 1. The van der Waals surface area contributed by atoms with Gasteiger partial charge in [0.1, 0.15) is 5.75 Å². The molecule has 0 radical (unpaired) electrons. The van der Waals surface area contributed by atoms with Crippen LogP contribution in [0.2, 0.25) is 0 Å². The Morgan fingerprint density at radius 3 is 2.50 bits per heavy atom. The second-order valence-corrected chi connectivity index (χ2v) is 6.97. The first-order valence-corrected chi connectivity index (χ1v) is 9.10. The van der Waals surface area contributed by atoms with Crippen LogP contribution < -0.4 is 4.74 Å². The van der Waals surface area contributed by atoms with Gasteiger partial charge in [-0.3, -0.25) is 0 Å². The zero-order chi connectivity index (χ0) is 16.9. The lowest BCUT2D eigenvalue weighted by Crippen LogP contribution is -2.38. The first-order valence-electron chi connectivity index (χ1n) is 7.94. The highest BCUT2D eigenvalue weighted by Gasteiger charge is 2.22. The third kappa shape index (κ3) is 3.82. The summed E-state index contributed by atoms with van der Waals surface area (Å²) in [4.78, 5) is 6.58. The minimum absolute atomic E-state index is 0.463. The van der Waals surface area contributed by atoms with E-state index in [4.69, 9.17) is 4.74 Å². The minimum Gasteiger partial charge on any atom is -0.438 e. The fraction of sp³-hybridized carbons (Fsp3) is 0.333. The van der Waals surface area contributed by atoms with Gasteiger partial charge in [-0.25, -0.2) is 4.98 Å². The molecule has 0 spiro atoms. The summed E-state index contributed by atoms with van der Waals surface area (Å²) in [5, 5.41) is 13.1. The fourth-order valence-electron chi connectivity index (χ4n) is 2.56. The fourth-order valence-corrected chi connectivity index (χ4v) is 3.46. The smallest absolute Gasteiger partial charge is 0.230 e. The van der Waals surface area contributed by atoms with Gasteiger partial charge in [-0.05, 0) is 38.1 Å². The average molecular weight is 343 g/mol. The van der Waals surface area contributed by atoms with Crippen LogP contribution in [0.15, 0.2) is 41.6 Å². The van der Waals surface area contributed by atoms with E-state index in [0.717, 1.165) is 30.3 Å². The summed E-state index contributed by atoms with van der Waals surface area (Å²) in [6.07, 6.45) is 0. The van der Waals surface area contributed by atoms with E-state index in [1.54, 1.807) is 0 Å². The molecule has 1 fully saturated rings. The van der Waals surface area contributed by atoms with Crippen LogP contribution in [0.1, 0.15) is 16.8 Å². The van der Waals surface area contributed by atoms with E-state index in [1.807, 2.05) is 62.0 Å². The lowest BCUT2D eigenvalue weighted by Gasteiger charge is -2.29. The van der Waals surface area contributed by atoms with Gasteiger partial charge in [0.2, 0.25) is 5.88 Å². The molecule has 24 heavy (non-hydrogen) atoms. The highest BCUT2D eigenvalue weighted by molar-refractivity contribution is 7.99. The molecule has 1 aromatic heterocycles. The van der Waals surface area contributed by atoms with Crippen molar-refractivity contribution in [2.75, 3.05) is 24.6 Å². The maximum absolute atomic E-state index is 9.58. The summed E-state index contributed by atoms with van der Waals surface area (Å²) in [6, 6.07) is 11.6. The predicted molar refractivity (Wildman–Crippen MR) is 97.4 cm³/mol. The Labute approximate surface area is 146 Å². The number of hydrogen-bond donors (Lipinski definition) is 1. The van der Waals surface area contributed by atoms with E-state index in [0.29, 0.717) is 23.0 Å². The van der Waals surface area contributed by atoms with Gasteiger partial charge >= 0.3 is 0 Å². The van der Waals surface area contributed by atoms with Crippen molar-refractivity contribution >= 4 is 17.6 Å². The molecule has 3 rings (SSSR count). The number of aromatic nitrogens is 1. The van der Waals surface area contributed by atoms with Gasteiger partial charge in [0.25, 0.3) is 0 Å². The first-order chi connectivity index (χ1) is 11.7. The SMILES string of the molecule is Cc1ccc(Oc2nc(C)ccc2/C(=N/O)N2CCSCC2)cc1. The maximum Gasteiger partial charge on any atom is 0.230 e. The van der Waals surface area contributed by atoms with E-state index >= 15 is 0 Å². The molecule has 126 valence electrons. The summed E-state index contributed by atoms with van der Waals surface area (Å²) in [5.74, 6) is 3.74. The molecule has 0 amide bonds. The number of pyridine rings is 1. The molecular formula is C18H21N3O2S. The van der Waals surface area contributed by atoms with Crippen molar-refractivity contribution in [3.05, 3.63) is 53.2 Å². The lowest BCUT2D eigenvalue weighted by atomic mass is 10.2. The number of ether oxygens (including phenoxy) is 1. The summed E-state index contributed by atoms with van der Waals surface area (Å²) in [7, 11) is 0. The van der Waals surface area contributed by atoms with E-state index in [-0.39, 0.29) is 0 Å². The number of benzene rings is 1. The second-order valence-electron chi connectivity index (χ2n) is 5.74. The molecule has 0 aliphatic carbocycles. The number of thioether (sulfide) groups is 1. The van der Waals surface area contributed by atoms with Crippen LogP contribution >= 0.6 is 11.8 Å². The zero-order valence-corrected chi connectivity index (χ0v) is 14.7. The number of rotatable bonds is 3. The molecule has 1 aliphatic rings. The molecule has 5 nitrogen and oxygen atoms in total. The van der Waals surface area contributed by atoms with Crippen LogP contribution in [-0.2, 0) is 0 Å². The summed E-state index contributed by atoms with van der Waals surface area (Å²) in [6.45, 7) is 5.65. The Balaban J connectivity index is 1.93. The van der Waals surface area contributed by atoms with Gasteiger partial charge < -0.3 is 14.8 Å². The average Bonchev–Trinajstić information content (AvgIpc) is 2.60.